The molecule has 0 aliphatic carbocycles. The molecule has 0 aromatic carbocycles. The highest BCUT2D eigenvalue weighted by Gasteiger charge is 2.30. The van der Waals surface area contributed by atoms with Crippen molar-refractivity contribution in [1.29, 1.82) is 0 Å². The molecule has 0 saturated carbocycles. The van der Waals surface area contributed by atoms with E-state index in [0.29, 0.717) is 18.0 Å². The summed E-state index contributed by atoms with van der Waals surface area (Å²) in [5, 5.41) is 0. The number of ether oxygens (including phenoxy) is 1. The second-order valence-electron chi connectivity index (χ2n) is 7.21. The maximum atomic E-state index is 5.56. The Balaban J connectivity index is 1.68. The molecule has 2 aliphatic heterocycles. The number of rotatable bonds is 4. The molecule has 2 saturated heterocycles. The topological polar surface area (TPSA) is 43.2 Å². The average Bonchev–Trinajstić information content (AvgIpc) is 3.25. The van der Waals surface area contributed by atoms with Crippen LogP contribution >= 0.6 is 0 Å². The molecule has 0 radical (unpaired) electrons. The Kier molecular flexibility index (Phi) is 4.07. The van der Waals surface area contributed by atoms with Crippen LogP contribution in [-0.2, 0) is 11.2 Å². The lowest BCUT2D eigenvalue weighted by Gasteiger charge is -2.22. The van der Waals surface area contributed by atoms with E-state index in [2.05, 4.69) is 34.4 Å². The van der Waals surface area contributed by atoms with Crippen LogP contribution < -0.4 is 0 Å². The van der Waals surface area contributed by atoms with Crippen molar-refractivity contribution in [3.8, 4) is 0 Å². The van der Waals surface area contributed by atoms with E-state index < -0.39 is 0 Å². The van der Waals surface area contributed by atoms with E-state index in [1.165, 1.54) is 18.8 Å². The van der Waals surface area contributed by atoms with E-state index in [4.69, 9.17) is 9.72 Å². The summed E-state index contributed by atoms with van der Waals surface area (Å²) < 4.78 is 7.98. The molecule has 4 rings (SSSR count). The molecule has 2 aliphatic rings. The van der Waals surface area contributed by atoms with E-state index in [1.54, 1.807) is 0 Å². The normalized spacial score (nSPS) is 25.9. The van der Waals surface area contributed by atoms with E-state index in [0.717, 1.165) is 43.8 Å². The van der Waals surface area contributed by atoms with Gasteiger partial charge in [-0.05, 0) is 44.7 Å². The Hall–Kier alpha value is -1.46. The Morgan fingerprint density at radius 3 is 3.00 bits per heavy atom. The first-order valence-corrected chi connectivity index (χ1v) is 8.86. The minimum atomic E-state index is 0.495. The molecule has 0 bridgehead atoms. The van der Waals surface area contributed by atoms with Crippen molar-refractivity contribution in [3.05, 3.63) is 24.2 Å². The van der Waals surface area contributed by atoms with Crippen molar-refractivity contribution in [2.24, 2.45) is 5.92 Å². The fraction of sp³-hybridized carbons (Fsp3) is 0.667. The lowest BCUT2D eigenvalue weighted by Crippen LogP contribution is -2.29. The van der Waals surface area contributed by atoms with Gasteiger partial charge in [-0.2, -0.15) is 0 Å². The van der Waals surface area contributed by atoms with Crippen LogP contribution in [0.25, 0.3) is 11.2 Å². The zero-order valence-corrected chi connectivity index (χ0v) is 14.1. The molecule has 2 atom stereocenters. The quantitative estimate of drug-likeness (QED) is 0.870. The molecule has 2 aromatic rings. The van der Waals surface area contributed by atoms with Crippen LogP contribution in [-0.4, -0.2) is 51.8 Å². The Bertz CT molecular complexity index is 675. The number of imidazole rings is 1. The Morgan fingerprint density at radius 1 is 1.35 bits per heavy atom. The van der Waals surface area contributed by atoms with Gasteiger partial charge in [0.1, 0.15) is 11.3 Å². The summed E-state index contributed by atoms with van der Waals surface area (Å²) in [5.74, 6) is 1.80. The van der Waals surface area contributed by atoms with Gasteiger partial charge in [0.15, 0.2) is 5.65 Å². The van der Waals surface area contributed by atoms with Crippen LogP contribution in [0.3, 0.4) is 0 Å². The molecule has 0 amide bonds. The third-order valence-electron chi connectivity index (χ3n) is 5.31. The average molecular weight is 314 g/mol. The molecular formula is C18H26N4O. The van der Waals surface area contributed by atoms with Gasteiger partial charge in [0.25, 0.3) is 0 Å². The number of fused-ring (bicyclic) bond motifs is 1. The lowest BCUT2D eigenvalue weighted by atomic mass is 10.0. The molecule has 124 valence electrons. The fourth-order valence-corrected chi connectivity index (χ4v) is 3.95. The number of aromatic nitrogens is 3. The number of hydrogen-bond donors (Lipinski definition) is 0. The van der Waals surface area contributed by atoms with Crippen LogP contribution in [0.5, 0.6) is 0 Å². The van der Waals surface area contributed by atoms with Crippen molar-refractivity contribution in [2.75, 3.05) is 26.3 Å². The second-order valence-corrected chi connectivity index (χ2v) is 7.21. The van der Waals surface area contributed by atoms with Gasteiger partial charge in [0, 0.05) is 45.0 Å². The summed E-state index contributed by atoms with van der Waals surface area (Å²) in [4.78, 5) is 12.1. The minimum absolute atomic E-state index is 0.495. The van der Waals surface area contributed by atoms with E-state index in [-0.39, 0.29) is 0 Å². The highest BCUT2D eigenvalue weighted by atomic mass is 16.5. The van der Waals surface area contributed by atoms with Crippen LogP contribution in [0.2, 0.25) is 0 Å². The summed E-state index contributed by atoms with van der Waals surface area (Å²) in [6, 6.07) is 5.17. The number of pyridine rings is 1. The SMILES string of the molecule is CC(C)N1CCC(n2c(CC3CCOC3)nc3cccnc32)C1. The van der Waals surface area contributed by atoms with Gasteiger partial charge in [-0.3, -0.25) is 4.90 Å². The largest absolute Gasteiger partial charge is 0.381 e. The molecule has 23 heavy (non-hydrogen) atoms. The van der Waals surface area contributed by atoms with E-state index >= 15 is 0 Å². The van der Waals surface area contributed by atoms with Crippen LogP contribution in [0.4, 0.5) is 0 Å². The molecule has 4 heterocycles. The van der Waals surface area contributed by atoms with Gasteiger partial charge in [-0.1, -0.05) is 0 Å². The predicted octanol–water partition coefficient (Wildman–Crippen LogP) is 2.67. The molecule has 0 N–H and O–H groups in total. The summed E-state index contributed by atoms with van der Waals surface area (Å²) in [6.07, 6.45) is 5.24. The first-order chi connectivity index (χ1) is 11.2. The number of hydrogen-bond acceptors (Lipinski definition) is 4. The van der Waals surface area contributed by atoms with Crippen molar-refractivity contribution in [3.63, 3.8) is 0 Å². The summed E-state index contributed by atoms with van der Waals surface area (Å²) >= 11 is 0. The van der Waals surface area contributed by atoms with Crippen LogP contribution in [0.1, 0.15) is 38.6 Å². The Labute approximate surface area is 137 Å². The van der Waals surface area contributed by atoms with Gasteiger partial charge in [0.2, 0.25) is 0 Å². The van der Waals surface area contributed by atoms with E-state index in [9.17, 15) is 0 Å². The molecule has 0 spiro atoms. The van der Waals surface area contributed by atoms with Crippen molar-refractivity contribution >= 4 is 11.2 Å². The maximum absolute atomic E-state index is 5.56. The summed E-state index contributed by atoms with van der Waals surface area (Å²) in [7, 11) is 0. The second kappa shape index (κ2) is 6.21. The summed E-state index contributed by atoms with van der Waals surface area (Å²) in [5.41, 5.74) is 2.08. The lowest BCUT2D eigenvalue weighted by molar-refractivity contribution is 0.185. The van der Waals surface area contributed by atoms with Crippen molar-refractivity contribution in [1.82, 2.24) is 19.4 Å². The zero-order chi connectivity index (χ0) is 15.8. The molecule has 5 nitrogen and oxygen atoms in total. The van der Waals surface area contributed by atoms with E-state index in [1.807, 2.05) is 12.3 Å². The first kappa shape index (κ1) is 15.1. The fourth-order valence-electron chi connectivity index (χ4n) is 3.95. The predicted molar refractivity (Wildman–Crippen MR) is 90.5 cm³/mol. The van der Waals surface area contributed by atoms with Crippen LogP contribution in [0.15, 0.2) is 18.3 Å². The number of likely N-dealkylation sites (tertiary alicyclic amines) is 1. The minimum Gasteiger partial charge on any atom is -0.381 e. The van der Waals surface area contributed by atoms with Gasteiger partial charge >= 0.3 is 0 Å². The van der Waals surface area contributed by atoms with Gasteiger partial charge < -0.3 is 9.30 Å². The molecular weight excluding hydrogens is 288 g/mol. The maximum Gasteiger partial charge on any atom is 0.160 e. The molecule has 2 unspecified atom stereocenters. The third kappa shape index (κ3) is 2.88. The summed E-state index contributed by atoms with van der Waals surface area (Å²) in [6.45, 7) is 8.61. The molecule has 2 fully saturated rings. The Morgan fingerprint density at radius 2 is 2.26 bits per heavy atom. The van der Waals surface area contributed by atoms with Gasteiger partial charge in [-0.15, -0.1) is 0 Å². The van der Waals surface area contributed by atoms with Gasteiger partial charge in [-0.25, -0.2) is 9.97 Å². The number of nitrogens with zero attached hydrogens (tertiary/aromatic N) is 4. The first-order valence-electron chi connectivity index (χ1n) is 8.86. The smallest absolute Gasteiger partial charge is 0.160 e. The highest BCUT2D eigenvalue weighted by Crippen LogP contribution is 2.30. The third-order valence-corrected chi connectivity index (χ3v) is 5.31. The van der Waals surface area contributed by atoms with Crippen molar-refractivity contribution in [2.45, 2.75) is 45.2 Å². The monoisotopic (exact) mass is 314 g/mol. The molecule has 2 aromatic heterocycles. The standard InChI is InChI=1S/C18H26N4O/c1-13(2)21-8-5-15(11-21)22-17(10-14-6-9-23-12-14)20-16-4-3-7-19-18(16)22/h3-4,7,13-15H,5-6,8-12H2,1-2H3. The zero-order valence-electron chi connectivity index (χ0n) is 14.1. The van der Waals surface area contributed by atoms with Crippen LogP contribution in [0, 0.1) is 5.92 Å². The molecule has 5 heteroatoms. The highest BCUT2D eigenvalue weighted by molar-refractivity contribution is 5.71. The van der Waals surface area contributed by atoms with Crippen molar-refractivity contribution < 1.29 is 4.74 Å². The van der Waals surface area contributed by atoms with Gasteiger partial charge in [0.05, 0.1) is 6.04 Å².